The van der Waals surface area contributed by atoms with Gasteiger partial charge in [-0.2, -0.15) is 5.26 Å². The molecule has 2 heterocycles. The van der Waals surface area contributed by atoms with E-state index in [0.717, 1.165) is 5.69 Å². The van der Waals surface area contributed by atoms with E-state index < -0.39 is 34.5 Å². The number of benzene rings is 1. The van der Waals surface area contributed by atoms with Gasteiger partial charge in [0.2, 0.25) is 21.8 Å². The van der Waals surface area contributed by atoms with Crippen molar-refractivity contribution in [1.29, 1.82) is 5.26 Å². The number of aliphatic carboxylic acids is 1. The van der Waals surface area contributed by atoms with E-state index in [2.05, 4.69) is 10.5 Å². The van der Waals surface area contributed by atoms with Crippen LogP contribution in [0.2, 0.25) is 0 Å². The van der Waals surface area contributed by atoms with Gasteiger partial charge in [-0.1, -0.05) is 5.16 Å². The van der Waals surface area contributed by atoms with Crippen molar-refractivity contribution in [1.82, 2.24) is 20.1 Å². The summed E-state index contributed by atoms with van der Waals surface area (Å²) in [5, 5.41) is 26.2. The molecule has 1 atom stereocenters. The summed E-state index contributed by atoms with van der Waals surface area (Å²) in [6.45, 7) is 2.55. The van der Waals surface area contributed by atoms with Crippen LogP contribution in [0, 0.1) is 25.2 Å². The number of amides is 2. The van der Waals surface area contributed by atoms with Crippen LogP contribution in [0.1, 0.15) is 17.0 Å². The van der Waals surface area contributed by atoms with Crippen LogP contribution in [0.4, 0.5) is 5.69 Å². The minimum atomic E-state index is -4.31. The van der Waals surface area contributed by atoms with Gasteiger partial charge < -0.3 is 29.5 Å². The number of carbonyl (C=O) groups excluding carboxylic acids is 3. The third-order valence-electron chi connectivity index (χ3n) is 5.34. The molecule has 14 heteroatoms. The quantitative estimate of drug-likeness (QED) is 0.388. The van der Waals surface area contributed by atoms with Gasteiger partial charge in [0.25, 0.3) is 0 Å². The summed E-state index contributed by atoms with van der Waals surface area (Å²) in [6.07, 6.45) is 0. The molecular formula is C21H23N6O7S-. The molecule has 3 rings (SSSR count). The Morgan fingerprint density at radius 3 is 2.49 bits per heavy atom. The lowest BCUT2D eigenvalue weighted by Gasteiger charge is -2.35. The smallest absolute Gasteiger partial charge is 0.246 e. The fourth-order valence-corrected chi connectivity index (χ4v) is 5.08. The Bertz CT molecular complexity index is 1250. The average molecular weight is 504 g/mol. The molecule has 1 aliphatic heterocycles. The van der Waals surface area contributed by atoms with Crippen molar-refractivity contribution in [2.24, 2.45) is 0 Å². The number of nitriles is 1. The summed E-state index contributed by atoms with van der Waals surface area (Å²) >= 11 is 0. The lowest BCUT2D eigenvalue weighted by Crippen LogP contribution is -2.56. The van der Waals surface area contributed by atoms with Gasteiger partial charge in [-0.05, 0) is 38.1 Å². The number of aryl methyl sites for hydroxylation is 2. The predicted octanol–water partition coefficient (Wildman–Crippen LogP) is -1.98. The van der Waals surface area contributed by atoms with Gasteiger partial charge in [0.05, 0.1) is 36.7 Å². The number of anilines is 1. The standard InChI is InChI=1S/C21H24N6O7S/c1-13-20(14(2)34-24-13)35(32,33)25-17(21(30)31)10-23-18(28)11-27-8-7-26(12-19(27)29)16-5-3-15(9-22)4-6-16/h3-6,17,25H,7-8,10-12H2,1-2H3,(H,23,28)(H,30,31)/p-1. The number of nitrogens with zero attached hydrogens (tertiary/aromatic N) is 4. The van der Waals surface area contributed by atoms with Crippen LogP contribution < -0.4 is 20.0 Å². The van der Waals surface area contributed by atoms with Gasteiger partial charge in [-0.3, -0.25) is 9.59 Å². The Morgan fingerprint density at radius 2 is 1.94 bits per heavy atom. The molecule has 0 saturated carbocycles. The van der Waals surface area contributed by atoms with Crippen molar-refractivity contribution >= 4 is 33.5 Å². The Labute approximate surface area is 201 Å². The molecule has 0 radical (unpaired) electrons. The molecule has 2 aromatic rings. The Morgan fingerprint density at radius 1 is 1.26 bits per heavy atom. The minimum Gasteiger partial charge on any atom is -0.548 e. The molecule has 13 nitrogen and oxygen atoms in total. The third-order valence-corrected chi connectivity index (χ3v) is 7.05. The van der Waals surface area contributed by atoms with Gasteiger partial charge >= 0.3 is 0 Å². The molecule has 0 aliphatic carbocycles. The highest BCUT2D eigenvalue weighted by Crippen LogP contribution is 2.19. The summed E-state index contributed by atoms with van der Waals surface area (Å²) in [5.74, 6) is -2.73. The van der Waals surface area contributed by atoms with Crippen LogP contribution >= 0.6 is 0 Å². The zero-order chi connectivity index (χ0) is 25.8. The molecule has 1 aromatic heterocycles. The summed E-state index contributed by atoms with van der Waals surface area (Å²) in [4.78, 5) is 39.2. The van der Waals surface area contributed by atoms with Gasteiger partial charge in [0.1, 0.15) is 10.6 Å². The lowest BCUT2D eigenvalue weighted by atomic mass is 10.2. The largest absolute Gasteiger partial charge is 0.548 e. The zero-order valence-corrected chi connectivity index (χ0v) is 19.8. The molecule has 2 N–H and O–H groups in total. The van der Waals surface area contributed by atoms with E-state index in [1.807, 2.05) is 15.7 Å². The Hall–Kier alpha value is -3.96. The number of hydrogen-bond donors (Lipinski definition) is 2. The predicted molar refractivity (Wildman–Crippen MR) is 118 cm³/mol. The van der Waals surface area contributed by atoms with Crippen LogP contribution in [0.5, 0.6) is 0 Å². The highest BCUT2D eigenvalue weighted by Gasteiger charge is 2.29. The molecule has 186 valence electrons. The third kappa shape index (κ3) is 6.14. The van der Waals surface area contributed by atoms with Gasteiger partial charge in [0.15, 0.2) is 5.76 Å². The lowest BCUT2D eigenvalue weighted by molar-refractivity contribution is -0.307. The van der Waals surface area contributed by atoms with Crippen LogP contribution in [0.3, 0.4) is 0 Å². The first-order valence-corrected chi connectivity index (χ1v) is 12.0. The molecular weight excluding hydrogens is 480 g/mol. The molecule has 1 aliphatic rings. The molecule has 35 heavy (non-hydrogen) atoms. The van der Waals surface area contributed by atoms with Gasteiger partial charge in [-0.15, -0.1) is 0 Å². The van der Waals surface area contributed by atoms with Crippen molar-refractivity contribution in [2.45, 2.75) is 24.8 Å². The number of piperazine rings is 1. The molecule has 2 amide bonds. The van der Waals surface area contributed by atoms with E-state index in [9.17, 15) is 27.9 Å². The second-order valence-electron chi connectivity index (χ2n) is 7.85. The SMILES string of the molecule is Cc1noc(C)c1S(=O)(=O)NC(CNC(=O)CN1CCN(c2ccc(C#N)cc2)CC1=O)C(=O)[O-]. The van der Waals surface area contributed by atoms with Crippen molar-refractivity contribution in [3.05, 3.63) is 41.3 Å². The molecule has 1 fully saturated rings. The van der Waals surface area contributed by atoms with Gasteiger partial charge in [0, 0.05) is 25.3 Å². The van der Waals surface area contributed by atoms with E-state index in [1.54, 1.807) is 24.3 Å². The number of carboxylic acid groups (broad SMARTS) is 1. The maximum Gasteiger partial charge on any atom is 0.246 e. The van der Waals surface area contributed by atoms with Crippen LogP contribution in [0.15, 0.2) is 33.7 Å². The monoisotopic (exact) mass is 503 g/mol. The van der Waals surface area contributed by atoms with Crippen LogP contribution in [-0.4, -0.2) is 75.0 Å². The zero-order valence-electron chi connectivity index (χ0n) is 19.0. The molecule has 1 aromatic carbocycles. The van der Waals surface area contributed by atoms with Crippen LogP contribution in [-0.2, 0) is 24.4 Å². The topological polar surface area (TPSA) is 189 Å². The minimum absolute atomic E-state index is 0.0187. The van der Waals surface area contributed by atoms with E-state index in [0.29, 0.717) is 12.1 Å². The number of aromatic nitrogens is 1. The number of carbonyl (C=O) groups is 3. The summed E-state index contributed by atoms with van der Waals surface area (Å²) in [5.41, 5.74) is 1.32. The van der Waals surface area contributed by atoms with E-state index in [-0.39, 0.29) is 41.9 Å². The maximum absolute atomic E-state index is 12.5. The summed E-state index contributed by atoms with van der Waals surface area (Å²) in [7, 11) is -4.31. The average Bonchev–Trinajstić information content (AvgIpc) is 3.16. The fraction of sp³-hybridized carbons (Fsp3) is 0.381. The molecule has 0 spiro atoms. The molecule has 1 saturated heterocycles. The summed E-state index contributed by atoms with van der Waals surface area (Å²) in [6, 6.07) is 7.02. The summed E-state index contributed by atoms with van der Waals surface area (Å²) < 4.78 is 31.9. The van der Waals surface area contributed by atoms with Crippen molar-refractivity contribution in [3.63, 3.8) is 0 Å². The highest BCUT2D eigenvalue weighted by molar-refractivity contribution is 7.89. The first-order valence-electron chi connectivity index (χ1n) is 10.5. The van der Waals surface area contributed by atoms with Gasteiger partial charge in [-0.25, -0.2) is 13.1 Å². The highest BCUT2D eigenvalue weighted by atomic mass is 32.2. The number of hydrogen-bond acceptors (Lipinski definition) is 10. The van der Waals surface area contributed by atoms with E-state index in [1.165, 1.54) is 18.7 Å². The second kappa shape index (κ2) is 10.5. The Balaban J connectivity index is 1.54. The number of rotatable bonds is 9. The number of sulfonamides is 1. The fourth-order valence-electron chi connectivity index (χ4n) is 3.57. The van der Waals surface area contributed by atoms with E-state index >= 15 is 0 Å². The Kier molecular flexibility index (Phi) is 7.72. The first kappa shape index (κ1) is 25.7. The van der Waals surface area contributed by atoms with Crippen molar-refractivity contribution in [3.8, 4) is 6.07 Å². The maximum atomic E-state index is 12.5. The van der Waals surface area contributed by atoms with Crippen molar-refractivity contribution in [2.75, 3.05) is 37.6 Å². The number of nitrogens with one attached hydrogen (secondary N) is 2. The molecule has 1 unspecified atom stereocenters. The molecule has 0 bridgehead atoms. The number of carboxylic acids is 1. The second-order valence-corrected chi connectivity index (χ2v) is 9.50. The van der Waals surface area contributed by atoms with E-state index in [4.69, 9.17) is 9.78 Å². The first-order chi connectivity index (χ1) is 16.5. The van der Waals surface area contributed by atoms with Crippen LogP contribution in [0.25, 0.3) is 0 Å². The normalized spacial score (nSPS) is 14.9. The van der Waals surface area contributed by atoms with Crippen molar-refractivity contribution < 1.29 is 32.4 Å².